The van der Waals surface area contributed by atoms with Gasteiger partial charge in [-0.2, -0.15) is 43.9 Å². The first-order valence-corrected chi connectivity index (χ1v) is 6.92. The quantitative estimate of drug-likeness (QED) is 0.399. The average molecular weight is 394 g/mol. The van der Waals surface area contributed by atoms with Crippen molar-refractivity contribution in [2.24, 2.45) is 5.92 Å². The van der Waals surface area contributed by atoms with E-state index >= 15 is 0 Å². The van der Waals surface area contributed by atoms with Crippen LogP contribution in [0, 0.1) is 5.92 Å². The molecule has 0 bridgehead atoms. The lowest BCUT2D eigenvalue weighted by Gasteiger charge is -2.38. The molecule has 25 heavy (non-hydrogen) atoms. The molecule has 0 N–H and O–H groups in total. The molecule has 1 atom stereocenters. The lowest BCUT2D eigenvalue weighted by atomic mass is 9.93. The van der Waals surface area contributed by atoms with Gasteiger partial charge in [0.15, 0.2) is 0 Å². The van der Waals surface area contributed by atoms with E-state index in [-0.39, 0.29) is 6.42 Å². The largest absolute Gasteiger partial charge is 0.465 e. The van der Waals surface area contributed by atoms with E-state index in [9.17, 15) is 48.7 Å². The maximum Gasteiger partial charge on any atom is 0.384 e. The Labute approximate surface area is 136 Å². The molecule has 0 heterocycles. The average Bonchev–Trinajstić information content (AvgIpc) is 2.44. The molecule has 150 valence electrons. The van der Waals surface area contributed by atoms with Gasteiger partial charge in [-0.1, -0.05) is 13.8 Å². The van der Waals surface area contributed by atoms with Gasteiger partial charge in [0, 0.05) is 6.92 Å². The second-order valence-corrected chi connectivity index (χ2v) is 5.54. The third kappa shape index (κ3) is 4.30. The molecule has 1 unspecified atom stereocenters. The van der Waals surface area contributed by atoms with Crippen molar-refractivity contribution in [1.82, 2.24) is 0 Å². The summed E-state index contributed by atoms with van der Waals surface area (Å²) < 4.78 is 135. The molecule has 0 aliphatic rings. The molecule has 0 aliphatic heterocycles. The van der Waals surface area contributed by atoms with Crippen molar-refractivity contribution < 1.29 is 53.4 Å². The van der Waals surface area contributed by atoms with Crippen LogP contribution in [-0.2, 0) is 9.53 Å². The van der Waals surface area contributed by atoms with Gasteiger partial charge in [-0.05, 0) is 6.42 Å². The SMILES string of the molecule is CCC(C)C(=O)OCCC(F)(F)C(F)(F)C(F)(F)C(F)(F)C(C)(F)F. The molecule has 0 aliphatic carbocycles. The molecule has 0 radical (unpaired) electrons. The molecule has 0 aromatic heterocycles. The zero-order chi connectivity index (χ0) is 20.5. The summed E-state index contributed by atoms with van der Waals surface area (Å²) in [5, 5.41) is 0. The monoisotopic (exact) mass is 394 g/mol. The molecule has 0 spiro atoms. The van der Waals surface area contributed by atoms with Crippen LogP contribution in [0.3, 0.4) is 0 Å². The van der Waals surface area contributed by atoms with Crippen molar-refractivity contribution in [2.45, 2.75) is 63.2 Å². The highest BCUT2D eigenvalue weighted by atomic mass is 19.4. The Bertz CT molecular complexity index is 470. The number of esters is 1. The fourth-order valence-electron chi connectivity index (χ4n) is 1.45. The van der Waals surface area contributed by atoms with Gasteiger partial charge >= 0.3 is 35.6 Å². The van der Waals surface area contributed by atoms with Crippen LogP contribution >= 0.6 is 0 Å². The first-order chi connectivity index (χ1) is 10.9. The van der Waals surface area contributed by atoms with Crippen LogP contribution in [-0.4, -0.2) is 42.2 Å². The molecular formula is C13H16F10O2. The van der Waals surface area contributed by atoms with Gasteiger partial charge in [0.2, 0.25) is 0 Å². The summed E-state index contributed by atoms with van der Waals surface area (Å²) in [7, 11) is 0. The Balaban J connectivity index is 5.36. The maximum atomic E-state index is 13.3. The molecule has 0 fully saturated rings. The fraction of sp³-hybridized carbons (Fsp3) is 0.923. The van der Waals surface area contributed by atoms with E-state index in [1.54, 1.807) is 0 Å². The molecular weight excluding hydrogens is 378 g/mol. The normalized spacial score (nSPS) is 15.9. The van der Waals surface area contributed by atoms with E-state index < -0.39 is 61.5 Å². The third-order valence-electron chi connectivity index (χ3n) is 3.47. The number of alkyl halides is 10. The fourth-order valence-corrected chi connectivity index (χ4v) is 1.45. The van der Waals surface area contributed by atoms with Gasteiger partial charge < -0.3 is 4.74 Å². The summed E-state index contributed by atoms with van der Waals surface area (Å²) in [6.07, 6.45) is -2.07. The molecule has 2 nitrogen and oxygen atoms in total. The van der Waals surface area contributed by atoms with Gasteiger partial charge in [0.05, 0.1) is 18.9 Å². The number of carbonyl (C=O) groups is 1. The number of rotatable bonds is 9. The highest BCUT2D eigenvalue weighted by Crippen LogP contribution is 2.57. The molecule has 0 saturated carbocycles. The molecule has 0 rings (SSSR count). The van der Waals surface area contributed by atoms with E-state index in [1.807, 2.05) is 0 Å². The predicted octanol–water partition coefficient (Wildman–Crippen LogP) is 5.16. The summed E-state index contributed by atoms with van der Waals surface area (Å²) in [5.74, 6) is -34.1. The standard InChI is InChI=1S/C13H16F10O2/c1-4-7(2)8(24)25-6-5-10(16,17)12(20,21)13(22,23)11(18,19)9(3,14)15/h7H,4-6H2,1-3H3. The highest BCUT2D eigenvalue weighted by Gasteiger charge is 2.84. The van der Waals surface area contributed by atoms with Crippen molar-refractivity contribution >= 4 is 5.97 Å². The maximum absolute atomic E-state index is 13.3. The first kappa shape index (κ1) is 23.8. The van der Waals surface area contributed by atoms with E-state index in [0.29, 0.717) is 0 Å². The number of hydrogen-bond donors (Lipinski definition) is 0. The van der Waals surface area contributed by atoms with Gasteiger partial charge in [-0.15, -0.1) is 0 Å². The zero-order valence-corrected chi connectivity index (χ0v) is 13.3. The Morgan fingerprint density at radius 3 is 1.68 bits per heavy atom. The Hall–Kier alpha value is -1.23. The lowest BCUT2D eigenvalue weighted by molar-refractivity contribution is -0.399. The topological polar surface area (TPSA) is 26.3 Å². The third-order valence-corrected chi connectivity index (χ3v) is 3.47. The number of hydrogen-bond acceptors (Lipinski definition) is 2. The molecule has 0 saturated heterocycles. The van der Waals surface area contributed by atoms with Crippen molar-refractivity contribution in [2.75, 3.05) is 6.61 Å². The summed E-state index contributed by atoms with van der Waals surface area (Å²) in [6.45, 7) is 0.508. The lowest BCUT2D eigenvalue weighted by Crippen LogP contribution is -2.66. The number of carbonyl (C=O) groups excluding carboxylic acids is 1. The van der Waals surface area contributed by atoms with Crippen LogP contribution in [0.5, 0.6) is 0 Å². The predicted molar refractivity (Wildman–Crippen MR) is 65.4 cm³/mol. The minimum atomic E-state index is -7.07. The van der Waals surface area contributed by atoms with E-state index in [4.69, 9.17) is 0 Å². The first-order valence-electron chi connectivity index (χ1n) is 6.92. The van der Waals surface area contributed by atoms with E-state index in [2.05, 4.69) is 4.74 Å². The van der Waals surface area contributed by atoms with Crippen molar-refractivity contribution in [1.29, 1.82) is 0 Å². The number of ether oxygens (including phenoxy) is 1. The van der Waals surface area contributed by atoms with Gasteiger partial charge in [-0.25, -0.2) is 0 Å². The van der Waals surface area contributed by atoms with E-state index in [1.165, 1.54) is 13.8 Å². The van der Waals surface area contributed by atoms with Gasteiger partial charge in [0.1, 0.15) is 0 Å². The van der Waals surface area contributed by atoms with Crippen molar-refractivity contribution in [3.63, 3.8) is 0 Å². The Morgan fingerprint density at radius 2 is 1.32 bits per heavy atom. The van der Waals surface area contributed by atoms with Crippen LogP contribution in [0.2, 0.25) is 0 Å². The summed E-state index contributed by atoms with van der Waals surface area (Å²) in [4.78, 5) is 11.2. The smallest absolute Gasteiger partial charge is 0.384 e. The van der Waals surface area contributed by atoms with Crippen molar-refractivity contribution in [3.8, 4) is 0 Å². The minimum Gasteiger partial charge on any atom is -0.465 e. The van der Waals surface area contributed by atoms with Crippen LogP contribution in [0.4, 0.5) is 43.9 Å². The van der Waals surface area contributed by atoms with Gasteiger partial charge in [-0.3, -0.25) is 4.79 Å². The Kier molecular flexibility index (Phi) is 6.83. The van der Waals surface area contributed by atoms with Crippen LogP contribution in [0.15, 0.2) is 0 Å². The summed E-state index contributed by atoms with van der Waals surface area (Å²) in [5.41, 5.74) is 0. The van der Waals surface area contributed by atoms with Crippen molar-refractivity contribution in [3.05, 3.63) is 0 Å². The second-order valence-electron chi connectivity index (χ2n) is 5.54. The molecule has 0 amide bonds. The van der Waals surface area contributed by atoms with Crippen LogP contribution in [0.25, 0.3) is 0 Å². The summed E-state index contributed by atoms with van der Waals surface area (Å²) in [6, 6.07) is 0. The summed E-state index contributed by atoms with van der Waals surface area (Å²) >= 11 is 0. The minimum absolute atomic E-state index is 0.196. The Morgan fingerprint density at radius 1 is 0.880 bits per heavy atom. The molecule has 12 heteroatoms. The molecule has 0 aromatic rings. The van der Waals surface area contributed by atoms with Gasteiger partial charge in [0.25, 0.3) is 0 Å². The van der Waals surface area contributed by atoms with Crippen LogP contribution in [0.1, 0.15) is 33.6 Å². The second kappa shape index (κ2) is 7.18. The number of halogens is 10. The zero-order valence-electron chi connectivity index (χ0n) is 13.3. The highest BCUT2D eigenvalue weighted by molar-refractivity contribution is 5.71. The molecule has 0 aromatic carbocycles. The van der Waals surface area contributed by atoms with Crippen LogP contribution < -0.4 is 0 Å². The van der Waals surface area contributed by atoms with E-state index in [0.717, 1.165) is 0 Å².